The molecule has 0 aliphatic heterocycles. The number of nitrogens with zero attached hydrogens (tertiary/aromatic N) is 2. The molecule has 0 spiro atoms. The zero-order valence-corrected chi connectivity index (χ0v) is 11.9. The molecule has 0 amide bonds. The molecule has 2 aromatic carbocycles. The molecule has 0 N–H and O–H groups in total. The smallest absolute Gasteiger partial charge is 0.258 e. The van der Waals surface area contributed by atoms with Gasteiger partial charge < -0.3 is 0 Å². The first-order valence-electron chi connectivity index (χ1n) is 5.30. The molecule has 0 radical (unpaired) electrons. The van der Waals surface area contributed by atoms with Gasteiger partial charge in [-0.15, -0.1) is 0 Å². The summed E-state index contributed by atoms with van der Waals surface area (Å²) in [4.78, 5) is 14.5. The van der Waals surface area contributed by atoms with Gasteiger partial charge >= 0.3 is 0 Å². The normalized spacial score (nSPS) is 10.8. The van der Waals surface area contributed by atoms with Crippen molar-refractivity contribution in [1.82, 2.24) is 0 Å². The lowest BCUT2D eigenvalue weighted by molar-refractivity contribution is -0.384. The summed E-state index contributed by atoms with van der Waals surface area (Å²) in [5.74, 6) is 0. The second kappa shape index (κ2) is 5.95. The summed E-state index contributed by atoms with van der Waals surface area (Å²) in [5.41, 5.74) is 1.23. The van der Waals surface area contributed by atoms with Crippen LogP contribution in [-0.4, -0.2) is 11.1 Å². The molecule has 19 heavy (non-hydrogen) atoms. The molecule has 0 saturated carbocycles. The van der Waals surface area contributed by atoms with Crippen LogP contribution in [0.15, 0.2) is 51.9 Å². The van der Waals surface area contributed by atoms with Crippen molar-refractivity contribution in [3.63, 3.8) is 0 Å². The van der Waals surface area contributed by atoms with E-state index in [0.29, 0.717) is 10.6 Å². The number of nitro benzene ring substituents is 1. The molecule has 6 heteroatoms. The van der Waals surface area contributed by atoms with Crippen molar-refractivity contribution in [2.45, 2.75) is 0 Å². The third-order valence-corrected chi connectivity index (χ3v) is 3.19. The van der Waals surface area contributed by atoms with Crippen LogP contribution in [0.3, 0.4) is 0 Å². The predicted molar refractivity (Wildman–Crippen MR) is 79.5 cm³/mol. The van der Waals surface area contributed by atoms with Gasteiger partial charge in [0.15, 0.2) is 0 Å². The van der Waals surface area contributed by atoms with Crippen molar-refractivity contribution < 1.29 is 4.92 Å². The van der Waals surface area contributed by atoms with Crippen LogP contribution < -0.4 is 0 Å². The van der Waals surface area contributed by atoms with Crippen molar-refractivity contribution in [1.29, 1.82) is 0 Å². The van der Waals surface area contributed by atoms with E-state index in [1.807, 2.05) is 24.3 Å². The quantitative estimate of drug-likeness (QED) is 0.460. The van der Waals surface area contributed by atoms with Crippen molar-refractivity contribution in [2.75, 3.05) is 0 Å². The van der Waals surface area contributed by atoms with Crippen LogP contribution >= 0.6 is 27.5 Å². The van der Waals surface area contributed by atoms with Gasteiger partial charge in [0.05, 0.1) is 10.6 Å². The number of aliphatic imine (C=N–C) groups is 1. The van der Waals surface area contributed by atoms with Crippen molar-refractivity contribution in [3.8, 4) is 0 Å². The van der Waals surface area contributed by atoms with E-state index in [9.17, 15) is 10.1 Å². The Kier molecular flexibility index (Phi) is 4.29. The Morgan fingerprint density at radius 3 is 2.74 bits per heavy atom. The molecule has 0 heterocycles. The maximum atomic E-state index is 10.7. The minimum absolute atomic E-state index is 0.0138. The highest BCUT2D eigenvalue weighted by Crippen LogP contribution is 2.22. The van der Waals surface area contributed by atoms with Gasteiger partial charge in [-0.1, -0.05) is 33.6 Å². The summed E-state index contributed by atoms with van der Waals surface area (Å²) in [5, 5.41) is 11.1. The third kappa shape index (κ3) is 3.62. The fourth-order valence-electron chi connectivity index (χ4n) is 1.44. The SMILES string of the molecule is O=[N+]([O-])c1ccc(Cl)c(C=Nc2cccc(Br)c2)c1. The molecule has 2 aromatic rings. The first kappa shape index (κ1) is 13.7. The van der Waals surface area contributed by atoms with Crippen LogP contribution in [0.1, 0.15) is 5.56 Å². The first-order chi connectivity index (χ1) is 9.06. The average Bonchev–Trinajstić information content (AvgIpc) is 2.37. The summed E-state index contributed by atoms with van der Waals surface area (Å²) in [7, 11) is 0. The fraction of sp³-hybridized carbons (Fsp3) is 0. The summed E-state index contributed by atoms with van der Waals surface area (Å²) >= 11 is 9.32. The van der Waals surface area contributed by atoms with Gasteiger partial charge in [0.1, 0.15) is 0 Å². The van der Waals surface area contributed by atoms with Gasteiger partial charge in [0, 0.05) is 33.4 Å². The topological polar surface area (TPSA) is 55.5 Å². The number of hydrogen-bond acceptors (Lipinski definition) is 3. The van der Waals surface area contributed by atoms with Gasteiger partial charge in [-0.25, -0.2) is 0 Å². The zero-order valence-electron chi connectivity index (χ0n) is 9.59. The first-order valence-corrected chi connectivity index (χ1v) is 6.47. The molecule has 0 aliphatic rings. The Morgan fingerprint density at radius 1 is 1.26 bits per heavy atom. The number of halogens is 2. The monoisotopic (exact) mass is 338 g/mol. The van der Waals surface area contributed by atoms with E-state index < -0.39 is 4.92 Å². The number of hydrogen-bond donors (Lipinski definition) is 0. The molecule has 0 atom stereocenters. The maximum Gasteiger partial charge on any atom is 0.270 e. The van der Waals surface area contributed by atoms with Crippen LogP contribution in [0.5, 0.6) is 0 Å². The maximum absolute atomic E-state index is 10.7. The summed E-state index contributed by atoms with van der Waals surface area (Å²) in [6.07, 6.45) is 1.51. The number of rotatable bonds is 3. The Hall–Kier alpha value is -1.72. The summed E-state index contributed by atoms with van der Waals surface area (Å²) in [6.45, 7) is 0. The lowest BCUT2D eigenvalue weighted by Crippen LogP contribution is -1.90. The van der Waals surface area contributed by atoms with E-state index in [1.54, 1.807) is 0 Å². The number of non-ortho nitro benzene ring substituents is 1. The van der Waals surface area contributed by atoms with Crippen LogP contribution in [0, 0.1) is 10.1 Å². The average molecular weight is 340 g/mol. The molecule has 0 saturated heterocycles. The van der Waals surface area contributed by atoms with Crippen LogP contribution in [0.25, 0.3) is 0 Å². The van der Waals surface area contributed by atoms with Crippen molar-refractivity contribution >= 4 is 45.1 Å². The van der Waals surface area contributed by atoms with Crippen molar-refractivity contribution in [3.05, 3.63) is 67.6 Å². The van der Waals surface area contributed by atoms with Crippen molar-refractivity contribution in [2.24, 2.45) is 4.99 Å². The molecule has 4 nitrogen and oxygen atoms in total. The van der Waals surface area contributed by atoms with E-state index in [-0.39, 0.29) is 5.69 Å². The van der Waals surface area contributed by atoms with E-state index in [4.69, 9.17) is 11.6 Å². The van der Waals surface area contributed by atoms with Gasteiger partial charge in [-0.2, -0.15) is 0 Å². The van der Waals surface area contributed by atoms with Crippen LogP contribution in [0.4, 0.5) is 11.4 Å². The minimum atomic E-state index is -0.466. The highest BCUT2D eigenvalue weighted by Gasteiger charge is 2.08. The fourth-order valence-corrected chi connectivity index (χ4v) is 2.00. The van der Waals surface area contributed by atoms with E-state index in [0.717, 1.165) is 10.2 Å². The Labute approximate surface area is 123 Å². The van der Waals surface area contributed by atoms with Crippen LogP contribution in [-0.2, 0) is 0 Å². The summed E-state index contributed by atoms with van der Waals surface area (Å²) < 4.78 is 0.910. The molecule has 0 bridgehead atoms. The highest BCUT2D eigenvalue weighted by molar-refractivity contribution is 9.10. The van der Waals surface area contributed by atoms with Gasteiger partial charge in [-0.3, -0.25) is 15.1 Å². The Morgan fingerprint density at radius 2 is 2.05 bits per heavy atom. The standard InChI is InChI=1S/C13H8BrClN2O2/c14-10-2-1-3-11(7-10)16-8-9-6-12(17(18)19)4-5-13(9)15/h1-8H. The second-order valence-corrected chi connectivity index (χ2v) is 5.02. The van der Waals surface area contributed by atoms with E-state index in [1.165, 1.54) is 24.4 Å². The van der Waals surface area contributed by atoms with Gasteiger partial charge in [-0.05, 0) is 24.3 Å². The lowest BCUT2D eigenvalue weighted by atomic mass is 10.2. The van der Waals surface area contributed by atoms with E-state index in [2.05, 4.69) is 20.9 Å². The molecular weight excluding hydrogens is 332 g/mol. The minimum Gasteiger partial charge on any atom is -0.258 e. The number of benzene rings is 2. The molecule has 0 unspecified atom stereocenters. The predicted octanol–water partition coefficient (Wildman–Crippen LogP) is 4.76. The molecular formula is C13H8BrClN2O2. The molecule has 0 aliphatic carbocycles. The Bertz CT molecular complexity index is 659. The summed E-state index contributed by atoms with van der Waals surface area (Å²) in [6, 6.07) is 11.6. The molecule has 0 fully saturated rings. The van der Waals surface area contributed by atoms with Gasteiger partial charge in [0.25, 0.3) is 5.69 Å². The second-order valence-electron chi connectivity index (χ2n) is 3.70. The van der Waals surface area contributed by atoms with Gasteiger partial charge in [0.2, 0.25) is 0 Å². The van der Waals surface area contributed by atoms with E-state index >= 15 is 0 Å². The highest BCUT2D eigenvalue weighted by atomic mass is 79.9. The molecule has 96 valence electrons. The van der Waals surface area contributed by atoms with Crippen LogP contribution in [0.2, 0.25) is 5.02 Å². The lowest BCUT2D eigenvalue weighted by Gasteiger charge is -1.98. The number of nitro groups is 1. The zero-order chi connectivity index (χ0) is 13.8. The molecule has 0 aromatic heterocycles. The third-order valence-electron chi connectivity index (χ3n) is 2.35. The Balaban J connectivity index is 2.32. The molecule has 2 rings (SSSR count). The largest absolute Gasteiger partial charge is 0.270 e.